The summed E-state index contributed by atoms with van der Waals surface area (Å²) >= 11 is 5.66. The maximum absolute atomic E-state index is 13.5. The molecule has 1 atom stereocenters. The molecule has 3 nitrogen and oxygen atoms in total. The molecule has 0 bridgehead atoms. The molecule has 120 valence electrons. The van der Waals surface area contributed by atoms with Crippen LogP contribution in [0.5, 0.6) is 0 Å². The molecule has 0 N–H and O–H groups in total. The molecule has 0 aromatic heterocycles. The fourth-order valence-electron chi connectivity index (χ4n) is 2.04. The summed E-state index contributed by atoms with van der Waals surface area (Å²) in [6.45, 7) is 6.33. The lowest BCUT2D eigenvalue weighted by Crippen LogP contribution is -2.39. The SMILES string of the molecule is CCCCN(C(C)CC)S(=O)(=O)c1ccc(F)c(CCl)c1. The molecule has 21 heavy (non-hydrogen) atoms. The molecule has 0 aliphatic rings. The van der Waals surface area contributed by atoms with Crippen molar-refractivity contribution in [2.24, 2.45) is 0 Å². The molecule has 0 saturated heterocycles. The summed E-state index contributed by atoms with van der Waals surface area (Å²) in [5.41, 5.74) is 0.206. The van der Waals surface area contributed by atoms with Gasteiger partial charge in [-0.25, -0.2) is 12.8 Å². The summed E-state index contributed by atoms with van der Waals surface area (Å²) < 4.78 is 40.6. The van der Waals surface area contributed by atoms with Gasteiger partial charge >= 0.3 is 0 Å². The zero-order valence-corrected chi connectivity index (χ0v) is 14.3. The van der Waals surface area contributed by atoms with Crippen molar-refractivity contribution in [2.75, 3.05) is 6.54 Å². The lowest BCUT2D eigenvalue weighted by atomic mass is 10.2. The first kappa shape index (κ1) is 18.4. The topological polar surface area (TPSA) is 37.4 Å². The van der Waals surface area contributed by atoms with Gasteiger partial charge in [0.05, 0.1) is 10.8 Å². The molecule has 0 aliphatic heterocycles. The van der Waals surface area contributed by atoms with Crippen molar-refractivity contribution >= 4 is 21.6 Å². The van der Waals surface area contributed by atoms with Gasteiger partial charge in [0, 0.05) is 18.2 Å². The number of sulfonamides is 1. The Hall–Kier alpha value is -0.650. The van der Waals surface area contributed by atoms with Gasteiger partial charge in [-0.05, 0) is 38.0 Å². The Morgan fingerprint density at radius 2 is 2.00 bits per heavy atom. The van der Waals surface area contributed by atoms with Gasteiger partial charge in [0.2, 0.25) is 10.0 Å². The molecule has 0 heterocycles. The zero-order valence-electron chi connectivity index (χ0n) is 12.8. The third-order valence-corrected chi connectivity index (χ3v) is 5.88. The second-order valence-corrected chi connectivity index (χ2v) is 7.27. The Kier molecular flexibility index (Phi) is 7.10. The van der Waals surface area contributed by atoms with E-state index in [4.69, 9.17) is 11.6 Å². The second kappa shape index (κ2) is 8.11. The van der Waals surface area contributed by atoms with Crippen molar-refractivity contribution in [1.29, 1.82) is 0 Å². The summed E-state index contributed by atoms with van der Waals surface area (Å²) in [4.78, 5) is 0.107. The van der Waals surface area contributed by atoms with Crippen LogP contribution in [0.4, 0.5) is 4.39 Å². The minimum atomic E-state index is -3.63. The first-order chi connectivity index (χ1) is 9.88. The Morgan fingerprint density at radius 1 is 1.33 bits per heavy atom. The number of hydrogen-bond donors (Lipinski definition) is 0. The fraction of sp³-hybridized carbons (Fsp3) is 0.600. The van der Waals surface area contributed by atoms with Gasteiger partial charge in [0.15, 0.2) is 0 Å². The summed E-state index contributed by atoms with van der Waals surface area (Å²) in [6, 6.07) is 3.71. The number of unbranched alkanes of at least 4 members (excludes halogenated alkanes) is 1. The van der Waals surface area contributed by atoms with Crippen LogP contribution < -0.4 is 0 Å². The van der Waals surface area contributed by atoms with E-state index in [-0.39, 0.29) is 22.4 Å². The molecule has 1 unspecified atom stereocenters. The van der Waals surface area contributed by atoms with E-state index in [2.05, 4.69) is 0 Å². The van der Waals surface area contributed by atoms with Crippen molar-refractivity contribution in [3.63, 3.8) is 0 Å². The maximum Gasteiger partial charge on any atom is 0.243 e. The van der Waals surface area contributed by atoms with Crippen LogP contribution in [0, 0.1) is 5.82 Å². The number of benzene rings is 1. The monoisotopic (exact) mass is 335 g/mol. The molecule has 6 heteroatoms. The van der Waals surface area contributed by atoms with E-state index in [1.54, 1.807) is 0 Å². The molecule has 0 radical (unpaired) electrons. The minimum absolute atomic E-state index is 0.0481. The number of alkyl halides is 1. The van der Waals surface area contributed by atoms with E-state index in [9.17, 15) is 12.8 Å². The van der Waals surface area contributed by atoms with Crippen LogP contribution in [0.3, 0.4) is 0 Å². The van der Waals surface area contributed by atoms with E-state index < -0.39 is 15.8 Å². The zero-order chi connectivity index (χ0) is 16.0. The average Bonchev–Trinajstić information content (AvgIpc) is 2.47. The number of hydrogen-bond acceptors (Lipinski definition) is 2. The quantitative estimate of drug-likeness (QED) is 0.669. The fourth-order valence-corrected chi connectivity index (χ4v) is 4.04. The predicted molar refractivity (Wildman–Crippen MR) is 84.5 cm³/mol. The van der Waals surface area contributed by atoms with E-state index in [1.807, 2.05) is 20.8 Å². The van der Waals surface area contributed by atoms with E-state index in [1.165, 1.54) is 22.5 Å². The largest absolute Gasteiger partial charge is 0.243 e. The van der Waals surface area contributed by atoms with Crippen LogP contribution in [-0.4, -0.2) is 25.3 Å². The standard InChI is InChI=1S/C15H23ClFNO2S/c1-4-6-9-18(12(3)5-2)21(19,20)14-7-8-15(17)13(10-14)11-16/h7-8,10,12H,4-6,9,11H2,1-3H3. The molecule has 1 aromatic rings. The lowest BCUT2D eigenvalue weighted by molar-refractivity contribution is 0.324. The van der Waals surface area contributed by atoms with Crippen molar-refractivity contribution in [2.45, 2.75) is 56.9 Å². The summed E-state index contributed by atoms with van der Waals surface area (Å²) in [7, 11) is -3.63. The second-order valence-electron chi connectivity index (χ2n) is 5.11. The highest BCUT2D eigenvalue weighted by atomic mass is 35.5. The highest BCUT2D eigenvalue weighted by Crippen LogP contribution is 2.23. The van der Waals surface area contributed by atoms with Crippen molar-refractivity contribution < 1.29 is 12.8 Å². The van der Waals surface area contributed by atoms with Gasteiger partial charge in [-0.1, -0.05) is 20.3 Å². The Bertz CT molecular complexity index is 563. The first-order valence-corrected chi connectivity index (χ1v) is 9.22. The molecule has 0 amide bonds. The molecular weight excluding hydrogens is 313 g/mol. The van der Waals surface area contributed by atoms with Crippen molar-refractivity contribution in [1.82, 2.24) is 4.31 Å². The molecule has 0 aliphatic carbocycles. The van der Waals surface area contributed by atoms with Crippen LogP contribution in [0.15, 0.2) is 23.1 Å². The summed E-state index contributed by atoms with van der Waals surface area (Å²) in [6.07, 6.45) is 2.44. The molecule has 1 aromatic carbocycles. The number of halogens is 2. The van der Waals surface area contributed by atoms with Gasteiger partial charge in [-0.2, -0.15) is 4.31 Å². The Balaban J connectivity index is 3.21. The maximum atomic E-state index is 13.5. The Labute approximate surface area is 132 Å². The van der Waals surface area contributed by atoms with Gasteiger partial charge in [0.25, 0.3) is 0 Å². The molecule has 0 fully saturated rings. The van der Waals surface area contributed by atoms with Gasteiger partial charge < -0.3 is 0 Å². The van der Waals surface area contributed by atoms with E-state index in [0.29, 0.717) is 6.54 Å². The van der Waals surface area contributed by atoms with Gasteiger partial charge in [0.1, 0.15) is 5.82 Å². The first-order valence-electron chi connectivity index (χ1n) is 7.24. The third-order valence-electron chi connectivity index (χ3n) is 3.58. The van der Waals surface area contributed by atoms with Crippen LogP contribution >= 0.6 is 11.6 Å². The number of nitrogens with zero attached hydrogens (tertiary/aromatic N) is 1. The van der Waals surface area contributed by atoms with Crippen LogP contribution in [-0.2, 0) is 15.9 Å². The predicted octanol–water partition coefficient (Wildman–Crippen LogP) is 4.15. The highest BCUT2D eigenvalue weighted by Gasteiger charge is 2.28. The average molecular weight is 336 g/mol. The number of rotatable bonds is 8. The summed E-state index contributed by atoms with van der Waals surface area (Å²) in [5, 5.41) is 0. The van der Waals surface area contributed by atoms with E-state index in [0.717, 1.165) is 19.3 Å². The minimum Gasteiger partial charge on any atom is -0.207 e. The smallest absolute Gasteiger partial charge is 0.207 e. The van der Waals surface area contributed by atoms with E-state index >= 15 is 0 Å². The Morgan fingerprint density at radius 3 is 2.52 bits per heavy atom. The van der Waals surface area contributed by atoms with Crippen LogP contribution in [0.25, 0.3) is 0 Å². The van der Waals surface area contributed by atoms with Crippen LogP contribution in [0.1, 0.15) is 45.6 Å². The van der Waals surface area contributed by atoms with Gasteiger partial charge in [-0.15, -0.1) is 11.6 Å². The van der Waals surface area contributed by atoms with Crippen molar-refractivity contribution in [3.8, 4) is 0 Å². The molecule has 0 spiro atoms. The third kappa shape index (κ3) is 4.41. The van der Waals surface area contributed by atoms with Crippen LogP contribution in [0.2, 0.25) is 0 Å². The molecular formula is C15H23ClFNO2S. The summed E-state index contributed by atoms with van der Waals surface area (Å²) in [5.74, 6) is -0.527. The highest BCUT2D eigenvalue weighted by molar-refractivity contribution is 7.89. The molecule has 1 rings (SSSR count). The normalized spacial score (nSPS) is 13.6. The molecule has 0 saturated carbocycles. The van der Waals surface area contributed by atoms with Crippen molar-refractivity contribution in [3.05, 3.63) is 29.6 Å². The van der Waals surface area contributed by atoms with Gasteiger partial charge in [-0.3, -0.25) is 0 Å². The lowest BCUT2D eigenvalue weighted by Gasteiger charge is -2.27.